The average molecular weight is 425 g/mol. The third-order valence-corrected chi connectivity index (χ3v) is 5.70. The quantitative estimate of drug-likeness (QED) is 0.501. The zero-order valence-electron chi connectivity index (χ0n) is 18.3. The number of fused-ring (bicyclic) bond motifs is 3. The molecule has 0 bridgehead atoms. The largest absolute Gasteiger partial charge is 0.382 e. The van der Waals surface area contributed by atoms with Crippen molar-refractivity contribution in [2.24, 2.45) is 4.99 Å². The number of hydrogen-bond donors (Lipinski definition) is 1. The number of benzene rings is 2. The molecule has 2 aromatic carbocycles. The van der Waals surface area contributed by atoms with E-state index in [4.69, 9.17) is 5.73 Å². The zero-order chi connectivity index (χ0) is 22.2. The van der Waals surface area contributed by atoms with Crippen LogP contribution in [-0.2, 0) is 0 Å². The Balaban J connectivity index is 1.69. The molecule has 4 aromatic rings. The van der Waals surface area contributed by atoms with E-state index in [1.807, 2.05) is 13.1 Å². The Kier molecular flexibility index (Phi) is 4.89. The van der Waals surface area contributed by atoms with Crippen LogP contribution in [0.25, 0.3) is 16.9 Å². The van der Waals surface area contributed by atoms with Crippen LogP contribution in [0.4, 0.5) is 17.2 Å². The average Bonchev–Trinajstić information content (AvgIpc) is 3.14. The lowest BCUT2D eigenvalue weighted by Gasteiger charge is -2.27. The minimum absolute atomic E-state index is 0.181. The summed E-state index contributed by atoms with van der Waals surface area (Å²) in [5.41, 5.74) is 11.7. The van der Waals surface area contributed by atoms with Crippen molar-refractivity contribution in [3.63, 3.8) is 0 Å². The molecule has 0 aliphatic carbocycles. The van der Waals surface area contributed by atoms with Gasteiger partial charge in [0.15, 0.2) is 0 Å². The van der Waals surface area contributed by atoms with E-state index in [1.165, 1.54) is 0 Å². The Morgan fingerprint density at radius 2 is 1.84 bits per heavy atom. The number of aliphatic imine (C=N–C) groups is 1. The fourth-order valence-corrected chi connectivity index (χ4v) is 4.16. The highest BCUT2D eigenvalue weighted by molar-refractivity contribution is 5.82. The molecule has 0 saturated carbocycles. The molecule has 0 amide bonds. The van der Waals surface area contributed by atoms with Gasteiger partial charge in [-0.15, -0.1) is 10.2 Å². The first-order valence-electron chi connectivity index (χ1n) is 10.5. The van der Waals surface area contributed by atoms with Crippen LogP contribution in [0.2, 0.25) is 0 Å². The van der Waals surface area contributed by atoms with Crippen molar-refractivity contribution in [1.82, 2.24) is 24.7 Å². The van der Waals surface area contributed by atoms with Crippen molar-refractivity contribution in [2.75, 3.05) is 24.2 Å². The summed E-state index contributed by atoms with van der Waals surface area (Å²) in [6.07, 6.45) is 5.14. The Hall–Kier alpha value is -4.07. The molecule has 0 fully saturated rings. The highest BCUT2D eigenvalue weighted by Crippen LogP contribution is 2.40. The number of aryl methyl sites for hydroxylation is 1. The van der Waals surface area contributed by atoms with Crippen molar-refractivity contribution in [3.05, 3.63) is 72.1 Å². The van der Waals surface area contributed by atoms with Crippen LogP contribution in [-0.4, -0.2) is 44.5 Å². The van der Waals surface area contributed by atoms with Crippen molar-refractivity contribution in [1.29, 1.82) is 0 Å². The van der Waals surface area contributed by atoms with Gasteiger partial charge in [-0.25, -0.2) is 4.98 Å². The van der Waals surface area contributed by atoms with Gasteiger partial charge in [-0.1, -0.05) is 25.1 Å². The third-order valence-electron chi connectivity index (χ3n) is 5.70. The van der Waals surface area contributed by atoms with Gasteiger partial charge in [-0.2, -0.15) is 0 Å². The van der Waals surface area contributed by atoms with Gasteiger partial charge in [0, 0.05) is 37.0 Å². The smallest absolute Gasteiger partial charge is 0.142 e. The predicted molar refractivity (Wildman–Crippen MR) is 127 cm³/mol. The topological polar surface area (TPSA) is 98.1 Å². The van der Waals surface area contributed by atoms with Crippen LogP contribution in [0.3, 0.4) is 0 Å². The summed E-state index contributed by atoms with van der Waals surface area (Å²) < 4.78 is 2.15. The summed E-state index contributed by atoms with van der Waals surface area (Å²) in [6, 6.07) is 14.7. The first-order valence-corrected chi connectivity index (χ1v) is 10.5. The molecular weight excluding hydrogens is 400 g/mol. The predicted octanol–water partition coefficient (Wildman–Crippen LogP) is 3.92. The molecule has 1 aliphatic rings. The van der Waals surface area contributed by atoms with Crippen molar-refractivity contribution < 1.29 is 0 Å². The molecule has 3 heterocycles. The zero-order valence-corrected chi connectivity index (χ0v) is 18.3. The van der Waals surface area contributed by atoms with E-state index in [1.54, 1.807) is 19.4 Å². The molecule has 8 heteroatoms. The fraction of sp³-hybridized carbons (Fsp3) is 0.208. The van der Waals surface area contributed by atoms with Crippen LogP contribution in [0.5, 0.6) is 0 Å². The maximum Gasteiger partial charge on any atom is 0.142 e. The van der Waals surface area contributed by atoms with Crippen LogP contribution in [0, 0.1) is 6.92 Å². The number of hydrogen-bond acceptors (Lipinski definition) is 7. The number of anilines is 3. The Morgan fingerprint density at radius 1 is 1.03 bits per heavy atom. The van der Waals surface area contributed by atoms with Gasteiger partial charge in [0.2, 0.25) is 0 Å². The minimum atomic E-state index is 0.181. The van der Waals surface area contributed by atoms with E-state index in [0.29, 0.717) is 5.82 Å². The number of aromatic nitrogens is 5. The lowest BCUT2D eigenvalue weighted by molar-refractivity contribution is 0.696. The molecule has 2 N–H and O–H groups in total. The highest BCUT2D eigenvalue weighted by Gasteiger charge is 2.28. The molecule has 8 nitrogen and oxygen atoms in total. The third kappa shape index (κ3) is 3.39. The minimum Gasteiger partial charge on any atom is -0.382 e. The molecule has 1 atom stereocenters. The molecule has 0 unspecified atom stereocenters. The molecule has 2 aromatic heterocycles. The summed E-state index contributed by atoms with van der Waals surface area (Å²) in [5, 5.41) is 8.84. The van der Waals surface area contributed by atoms with Crippen LogP contribution < -0.4 is 10.6 Å². The van der Waals surface area contributed by atoms with Gasteiger partial charge in [-0.3, -0.25) is 14.5 Å². The lowest BCUT2D eigenvalue weighted by atomic mass is 10.1. The normalized spacial score (nSPS) is 15.5. The number of nitrogens with two attached hydrogens (primary N) is 1. The summed E-state index contributed by atoms with van der Waals surface area (Å²) >= 11 is 0. The maximum atomic E-state index is 5.73. The van der Waals surface area contributed by atoms with Crippen LogP contribution in [0.1, 0.15) is 30.1 Å². The van der Waals surface area contributed by atoms with E-state index in [0.717, 1.165) is 52.1 Å². The van der Waals surface area contributed by atoms with Crippen molar-refractivity contribution >= 4 is 23.4 Å². The van der Waals surface area contributed by atoms with E-state index >= 15 is 0 Å². The molecule has 5 rings (SSSR count). The fourth-order valence-electron chi connectivity index (χ4n) is 4.16. The number of nitrogens with zero attached hydrogens (tertiary/aromatic N) is 7. The van der Waals surface area contributed by atoms with E-state index in [2.05, 4.69) is 84.0 Å². The molecule has 32 heavy (non-hydrogen) atoms. The van der Waals surface area contributed by atoms with Gasteiger partial charge in [0.05, 0.1) is 29.5 Å². The molecule has 1 aliphatic heterocycles. The second-order valence-electron chi connectivity index (χ2n) is 7.96. The Bertz CT molecular complexity index is 1290. The SMILES string of the molecule is CN=Cc1ccc(N2C[C@@H](C)c3nnc(C)n3-c3ccc(-c4cnc(N)cn4)cc32)cc1. The van der Waals surface area contributed by atoms with Gasteiger partial charge >= 0.3 is 0 Å². The molecule has 0 saturated heterocycles. The summed E-state index contributed by atoms with van der Waals surface area (Å²) in [6.45, 7) is 4.94. The molecular formula is C24H24N8. The van der Waals surface area contributed by atoms with Crippen LogP contribution in [0.15, 0.2) is 59.9 Å². The highest BCUT2D eigenvalue weighted by atomic mass is 15.3. The van der Waals surface area contributed by atoms with E-state index in [9.17, 15) is 0 Å². The first-order chi connectivity index (χ1) is 15.5. The summed E-state index contributed by atoms with van der Waals surface area (Å²) in [5.74, 6) is 2.41. The van der Waals surface area contributed by atoms with Gasteiger partial charge in [0.25, 0.3) is 0 Å². The maximum absolute atomic E-state index is 5.73. The first kappa shape index (κ1) is 19.9. The summed E-state index contributed by atoms with van der Waals surface area (Å²) in [7, 11) is 1.78. The second kappa shape index (κ2) is 7.88. The van der Waals surface area contributed by atoms with Gasteiger partial charge in [0.1, 0.15) is 17.5 Å². The summed E-state index contributed by atoms with van der Waals surface area (Å²) in [4.78, 5) is 15.1. The Labute approximate surface area is 186 Å². The molecule has 0 spiro atoms. The number of rotatable bonds is 3. The second-order valence-corrected chi connectivity index (χ2v) is 7.96. The lowest BCUT2D eigenvalue weighted by Crippen LogP contribution is -2.22. The molecule has 160 valence electrons. The van der Waals surface area contributed by atoms with E-state index in [-0.39, 0.29) is 5.92 Å². The van der Waals surface area contributed by atoms with Crippen LogP contribution >= 0.6 is 0 Å². The monoisotopic (exact) mass is 424 g/mol. The van der Waals surface area contributed by atoms with E-state index < -0.39 is 0 Å². The Morgan fingerprint density at radius 3 is 2.56 bits per heavy atom. The van der Waals surface area contributed by atoms with Gasteiger partial charge in [-0.05, 0) is 36.8 Å². The van der Waals surface area contributed by atoms with Crippen molar-refractivity contribution in [2.45, 2.75) is 19.8 Å². The van der Waals surface area contributed by atoms with Crippen molar-refractivity contribution in [3.8, 4) is 16.9 Å². The number of nitrogen functional groups attached to an aromatic ring is 1. The van der Waals surface area contributed by atoms with Gasteiger partial charge < -0.3 is 10.6 Å². The molecule has 0 radical (unpaired) electrons. The standard InChI is InChI=1S/C24H24N8/c1-15-14-31(19-7-4-17(5-8-19)11-26-3)22-10-18(20-12-28-23(25)13-27-20)6-9-21(22)32-16(2)29-30-24(15)32/h4-13,15H,14H2,1-3H3,(H2,25,28)/t15-/m1/s1.